The lowest BCUT2D eigenvalue weighted by Crippen LogP contribution is -2.53. The molecular weight excluding hydrogens is 218 g/mol. The summed E-state index contributed by atoms with van der Waals surface area (Å²) in [7, 11) is 0. The number of ether oxygens (including phenoxy) is 1. The third-order valence-corrected chi connectivity index (χ3v) is 5.26. The summed E-state index contributed by atoms with van der Waals surface area (Å²) in [6.07, 6.45) is 4.83. The van der Waals surface area contributed by atoms with Crippen molar-refractivity contribution < 1.29 is 4.74 Å². The van der Waals surface area contributed by atoms with Gasteiger partial charge in [-0.3, -0.25) is 0 Å². The lowest BCUT2D eigenvalue weighted by Gasteiger charge is -2.41. The second-order valence-corrected chi connectivity index (χ2v) is 7.01. The van der Waals surface area contributed by atoms with Crippen LogP contribution in [0, 0.1) is 0 Å². The van der Waals surface area contributed by atoms with Gasteiger partial charge in [-0.15, -0.1) is 0 Å². The molecule has 2 nitrogen and oxygen atoms in total. The van der Waals surface area contributed by atoms with E-state index in [-0.39, 0.29) is 11.1 Å². The molecule has 16 heavy (non-hydrogen) atoms. The summed E-state index contributed by atoms with van der Waals surface area (Å²) in [6, 6.07) is 0.655. The fourth-order valence-electron chi connectivity index (χ4n) is 2.67. The van der Waals surface area contributed by atoms with Crippen LogP contribution in [-0.4, -0.2) is 35.3 Å². The molecule has 1 spiro atoms. The van der Waals surface area contributed by atoms with Crippen molar-refractivity contribution in [3.8, 4) is 0 Å². The Kier molecular flexibility index (Phi) is 3.87. The molecule has 0 radical (unpaired) electrons. The standard InChI is InChI=1S/C13H25NOS/c1-4-12(2,3)14-11-5-7-15-13(9-11)6-8-16-10-13/h11,14H,4-10H2,1-3H3. The van der Waals surface area contributed by atoms with Crippen LogP contribution in [0.2, 0.25) is 0 Å². The minimum absolute atomic E-state index is 0.213. The first-order valence-electron chi connectivity index (χ1n) is 6.55. The van der Waals surface area contributed by atoms with E-state index in [0.717, 1.165) is 6.61 Å². The summed E-state index contributed by atoms with van der Waals surface area (Å²) in [5.41, 5.74) is 0.485. The fraction of sp³-hybridized carbons (Fsp3) is 1.00. The average Bonchev–Trinajstić information content (AvgIpc) is 2.66. The molecule has 0 aromatic carbocycles. The molecule has 2 unspecified atom stereocenters. The van der Waals surface area contributed by atoms with Crippen LogP contribution in [-0.2, 0) is 4.74 Å². The first-order chi connectivity index (χ1) is 7.55. The van der Waals surface area contributed by atoms with E-state index in [4.69, 9.17) is 4.74 Å². The van der Waals surface area contributed by atoms with E-state index in [2.05, 4.69) is 37.8 Å². The predicted molar refractivity (Wildman–Crippen MR) is 71.2 cm³/mol. The van der Waals surface area contributed by atoms with Crippen molar-refractivity contribution in [1.29, 1.82) is 0 Å². The summed E-state index contributed by atoms with van der Waals surface area (Å²) in [6.45, 7) is 7.81. The molecule has 2 rings (SSSR count). The Hall–Kier alpha value is 0.270. The molecule has 0 bridgehead atoms. The molecule has 2 saturated heterocycles. The van der Waals surface area contributed by atoms with Gasteiger partial charge in [0.15, 0.2) is 0 Å². The number of thioether (sulfide) groups is 1. The van der Waals surface area contributed by atoms with Crippen molar-refractivity contribution >= 4 is 11.8 Å². The van der Waals surface area contributed by atoms with Crippen LogP contribution < -0.4 is 5.32 Å². The van der Waals surface area contributed by atoms with Crippen LogP contribution in [0.5, 0.6) is 0 Å². The summed E-state index contributed by atoms with van der Waals surface area (Å²) in [4.78, 5) is 0. The molecule has 2 aliphatic rings. The van der Waals surface area contributed by atoms with E-state index < -0.39 is 0 Å². The third-order valence-electron chi connectivity index (χ3n) is 4.04. The third kappa shape index (κ3) is 2.93. The van der Waals surface area contributed by atoms with Crippen molar-refractivity contribution in [2.75, 3.05) is 18.1 Å². The second kappa shape index (κ2) is 4.87. The molecule has 2 atom stereocenters. The Bertz CT molecular complexity index is 236. The van der Waals surface area contributed by atoms with E-state index in [1.165, 1.54) is 37.2 Å². The minimum Gasteiger partial charge on any atom is -0.374 e. The first-order valence-corrected chi connectivity index (χ1v) is 7.70. The highest BCUT2D eigenvalue weighted by Crippen LogP contribution is 2.38. The lowest BCUT2D eigenvalue weighted by atomic mass is 9.88. The second-order valence-electron chi connectivity index (χ2n) is 5.91. The van der Waals surface area contributed by atoms with Gasteiger partial charge in [0.25, 0.3) is 0 Å². The van der Waals surface area contributed by atoms with Gasteiger partial charge in [-0.05, 0) is 45.3 Å². The van der Waals surface area contributed by atoms with Gasteiger partial charge in [0.2, 0.25) is 0 Å². The zero-order chi connectivity index (χ0) is 11.6. The average molecular weight is 243 g/mol. The van der Waals surface area contributed by atoms with Crippen molar-refractivity contribution in [2.24, 2.45) is 0 Å². The summed E-state index contributed by atoms with van der Waals surface area (Å²) < 4.78 is 6.04. The lowest BCUT2D eigenvalue weighted by molar-refractivity contribution is -0.0730. The Morgan fingerprint density at radius 3 is 2.94 bits per heavy atom. The highest BCUT2D eigenvalue weighted by atomic mass is 32.2. The molecule has 1 N–H and O–H groups in total. The highest BCUT2D eigenvalue weighted by molar-refractivity contribution is 7.99. The largest absolute Gasteiger partial charge is 0.374 e. The molecule has 94 valence electrons. The highest BCUT2D eigenvalue weighted by Gasteiger charge is 2.41. The Morgan fingerprint density at radius 1 is 1.50 bits per heavy atom. The predicted octanol–water partition coefficient (Wildman–Crippen LogP) is 2.82. The molecule has 0 aromatic heterocycles. The Morgan fingerprint density at radius 2 is 2.31 bits per heavy atom. The topological polar surface area (TPSA) is 21.3 Å². The van der Waals surface area contributed by atoms with Gasteiger partial charge in [0.1, 0.15) is 0 Å². The maximum absolute atomic E-state index is 6.04. The van der Waals surface area contributed by atoms with Gasteiger partial charge in [0.05, 0.1) is 5.60 Å². The zero-order valence-electron chi connectivity index (χ0n) is 10.8. The quantitative estimate of drug-likeness (QED) is 0.823. The van der Waals surface area contributed by atoms with Crippen LogP contribution >= 0.6 is 11.8 Å². The normalized spacial score (nSPS) is 35.8. The summed E-state index contributed by atoms with van der Waals surface area (Å²) in [5, 5.41) is 3.81. The van der Waals surface area contributed by atoms with Crippen molar-refractivity contribution in [1.82, 2.24) is 5.32 Å². The summed E-state index contributed by atoms with van der Waals surface area (Å²) in [5.74, 6) is 2.49. The Labute approximate surface area is 104 Å². The van der Waals surface area contributed by atoms with Crippen LogP contribution in [0.25, 0.3) is 0 Å². The van der Waals surface area contributed by atoms with Gasteiger partial charge in [-0.1, -0.05) is 6.92 Å². The van der Waals surface area contributed by atoms with Crippen LogP contribution in [0.15, 0.2) is 0 Å². The molecule has 0 saturated carbocycles. The maximum atomic E-state index is 6.04. The molecule has 2 fully saturated rings. The van der Waals surface area contributed by atoms with E-state index in [9.17, 15) is 0 Å². The maximum Gasteiger partial charge on any atom is 0.0795 e. The van der Waals surface area contributed by atoms with Crippen LogP contribution in [0.4, 0.5) is 0 Å². The number of hydrogen-bond acceptors (Lipinski definition) is 3. The molecule has 2 heterocycles. The van der Waals surface area contributed by atoms with E-state index in [1.54, 1.807) is 0 Å². The molecule has 0 aliphatic carbocycles. The van der Waals surface area contributed by atoms with E-state index in [0.29, 0.717) is 6.04 Å². The van der Waals surface area contributed by atoms with Gasteiger partial charge < -0.3 is 10.1 Å². The van der Waals surface area contributed by atoms with Crippen molar-refractivity contribution in [3.05, 3.63) is 0 Å². The summed E-state index contributed by atoms with van der Waals surface area (Å²) >= 11 is 2.05. The molecule has 2 aliphatic heterocycles. The van der Waals surface area contributed by atoms with Crippen LogP contribution in [0.3, 0.4) is 0 Å². The number of nitrogens with one attached hydrogen (secondary N) is 1. The van der Waals surface area contributed by atoms with Crippen molar-refractivity contribution in [2.45, 2.75) is 63.6 Å². The number of hydrogen-bond donors (Lipinski definition) is 1. The van der Waals surface area contributed by atoms with Gasteiger partial charge in [-0.25, -0.2) is 0 Å². The van der Waals surface area contributed by atoms with Gasteiger partial charge in [-0.2, -0.15) is 11.8 Å². The Balaban J connectivity index is 1.91. The van der Waals surface area contributed by atoms with Crippen molar-refractivity contribution in [3.63, 3.8) is 0 Å². The zero-order valence-corrected chi connectivity index (χ0v) is 11.7. The molecule has 3 heteroatoms. The van der Waals surface area contributed by atoms with Crippen LogP contribution in [0.1, 0.15) is 46.5 Å². The van der Waals surface area contributed by atoms with E-state index >= 15 is 0 Å². The molecule has 0 amide bonds. The molecule has 0 aromatic rings. The smallest absolute Gasteiger partial charge is 0.0795 e. The SMILES string of the molecule is CCC(C)(C)NC1CCOC2(CCSC2)C1. The van der Waals surface area contributed by atoms with Gasteiger partial charge in [0, 0.05) is 23.9 Å². The monoisotopic (exact) mass is 243 g/mol. The number of rotatable bonds is 3. The first kappa shape index (κ1) is 12.7. The molecular formula is C13H25NOS. The van der Waals surface area contributed by atoms with E-state index in [1.807, 2.05) is 0 Å². The fourth-order valence-corrected chi connectivity index (χ4v) is 4.05. The van der Waals surface area contributed by atoms with Gasteiger partial charge >= 0.3 is 0 Å². The minimum atomic E-state index is 0.213.